The highest BCUT2D eigenvalue weighted by Gasteiger charge is 2.10. The molecule has 1 atom stereocenters. The molecule has 2 heterocycles. The van der Waals surface area contributed by atoms with Crippen LogP contribution < -0.4 is 5.73 Å². The topological polar surface area (TPSA) is 51.8 Å². The first kappa shape index (κ1) is 12.5. The molecule has 2 N–H and O–H groups in total. The number of nitrogens with two attached hydrogens (primary N) is 1. The molecule has 3 nitrogen and oxygen atoms in total. The summed E-state index contributed by atoms with van der Waals surface area (Å²) in [6.45, 7) is 2.74. The Morgan fingerprint density at radius 3 is 2.88 bits per heavy atom. The van der Waals surface area contributed by atoms with Crippen molar-refractivity contribution in [1.82, 2.24) is 9.97 Å². The van der Waals surface area contributed by atoms with Crippen molar-refractivity contribution in [2.45, 2.75) is 19.3 Å². The van der Waals surface area contributed by atoms with E-state index in [1.165, 1.54) is 11.3 Å². The van der Waals surface area contributed by atoms with Crippen molar-refractivity contribution < 1.29 is 0 Å². The van der Waals surface area contributed by atoms with Crippen LogP contribution in [0.2, 0.25) is 4.34 Å². The summed E-state index contributed by atoms with van der Waals surface area (Å²) in [5.74, 6) is 1.13. The standard InChI is InChI=1S/C12H14ClN3S/c1-8(4-6-14)12-15-7-5-9(16-12)10-2-3-11(13)17-10/h2-3,5,7-8H,4,6,14H2,1H3. The van der Waals surface area contributed by atoms with Crippen LogP contribution in [0.5, 0.6) is 0 Å². The molecule has 0 spiro atoms. The molecule has 0 radical (unpaired) electrons. The molecule has 1 unspecified atom stereocenters. The Kier molecular flexibility index (Phi) is 4.10. The van der Waals surface area contributed by atoms with Crippen LogP contribution in [-0.2, 0) is 0 Å². The molecule has 0 saturated heterocycles. The Bertz CT molecular complexity index is 498. The van der Waals surface area contributed by atoms with Gasteiger partial charge < -0.3 is 5.73 Å². The molecule has 90 valence electrons. The fourth-order valence-corrected chi connectivity index (χ4v) is 2.59. The van der Waals surface area contributed by atoms with Gasteiger partial charge in [-0.3, -0.25) is 0 Å². The zero-order valence-corrected chi connectivity index (χ0v) is 11.1. The van der Waals surface area contributed by atoms with Gasteiger partial charge in [0, 0.05) is 12.1 Å². The fraction of sp³-hybridized carbons (Fsp3) is 0.333. The maximum absolute atomic E-state index is 5.92. The van der Waals surface area contributed by atoms with Gasteiger partial charge in [-0.2, -0.15) is 0 Å². The third-order valence-electron chi connectivity index (χ3n) is 2.54. The molecule has 0 saturated carbocycles. The second kappa shape index (κ2) is 5.58. The highest BCUT2D eigenvalue weighted by molar-refractivity contribution is 7.19. The highest BCUT2D eigenvalue weighted by atomic mass is 35.5. The second-order valence-corrected chi connectivity index (χ2v) is 5.60. The molecule has 0 amide bonds. The molecule has 0 aliphatic rings. The average molecular weight is 268 g/mol. The van der Waals surface area contributed by atoms with Crippen molar-refractivity contribution in [2.75, 3.05) is 6.54 Å². The largest absolute Gasteiger partial charge is 0.330 e. The molecule has 5 heteroatoms. The van der Waals surface area contributed by atoms with Gasteiger partial charge in [0.2, 0.25) is 0 Å². The van der Waals surface area contributed by atoms with Crippen LogP contribution in [0.15, 0.2) is 24.4 Å². The molecular weight excluding hydrogens is 254 g/mol. The minimum absolute atomic E-state index is 0.287. The quantitative estimate of drug-likeness (QED) is 0.925. The predicted octanol–water partition coefficient (Wildman–Crippen LogP) is 3.31. The first-order valence-corrected chi connectivity index (χ1v) is 6.69. The van der Waals surface area contributed by atoms with Crippen LogP contribution >= 0.6 is 22.9 Å². The van der Waals surface area contributed by atoms with E-state index in [4.69, 9.17) is 17.3 Å². The van der Waals surface area contributed by atoms with E-state index in [2.05, 4.69) is 16.9 Å². The lowest BCUT2D eigenvalue weighted by molar-refractivity contribution is 0.648. The molecule has 0 aliphatic heterocycles. The van der Waals surface area contributed by atoms with Crippen LogP contribution in [0.1, 0.15) is 25.1 Å². The van der Waals surface area contributed by atoms with Crippen molar-refractivity contribution in [2.24, 2.45) is 5.73 Å². The normalized spacial score (nSPS) is 12.6. The smallest absolute Gasteiger partial charge is 0.131 e. The Hall–Kier alpha value is -0.970. The summed E-state index contributed by atoms with van der Waals surface area (Å²) in [6.07, 6.45) is 2.69. The van der Waals surface area contributed by atoms with E-state index in [0.29, 0.717) is 6.54 Å². The second-order valence-electron chi connectivity index (χ2n) is 3.88. The third kappa shape index (κ3) is 3.03. The van der Waals surface area contributed by atoms with Crippen molar-refractivity contribution in [1.29, 1.82) is 0 Å². The van der Waals surface area contributed by atoms with E-state index in [1.54, 1.807) is 6.20 Å². The van der Waals surface area contributed by atoms with Crippen LogP contribution in [0.4, 0.5) is 0 Å². The monoisotopic (exact) mass is 267 g/mol. The van der Waals surface area contributed by atoms with E-state index < -0.39 is 0 Å². The Labute approximate surface area is 110 Å². The Balaban J connectivity index is 2.28. The summed E-state index contributed by atoms with van der Waals surface area (Å²) in [5.41, 5.74) is 6.47. The summed E-state index contributed by atoms with van der Waals surface area (Å²) >= 11 is 7.45. The maximum Gasteiger partial charge on any atom is 0.131 e. The molecule has 2 rings (SSSR count). The molecule has 0 aromatic carbocycles. The van der Waals surface area contributed by atoms with Gasteiger partial charge in [-0.15, -0.1) is 11.3 Å². The maximum atomic E-state index is 5.92. The van der Waals surface area contributed by atoms with Crippen LogP contribution in [0, 0.1) is 0 Å². The number of halogens is 1. The molecule has 17 heavy (non-hydrogen) atoms. The van der Waals surface area contributed by atoms with Crippen molar-refractivity contribution in [3.8, 4) is 10.6 Å². The van der Waals surface area contributed by atoms with Gasteiger partial charge in [0.15, 0.2) is 0 Å². The average Bonchev–Trinajstić information content (AvgIpc) is 2.76. The van der Waals surface area contributed by atoms with Crippen molar-refractivity contribution in [3.63, 3.8) is 0 Å². The molecule has 2 aromatic rings. The van der Waals surface area contributed by atoms with Gasteiger partial charge in [-0.25, -0.2) is 9.97 Å². The molecule has 0 fully saturated rings. The predicted molar refractivity (Wildman–Crippen MR) is 72.4 cm³/mol. The SMILES string of the molecule is CC(CCN)c1nccc(-c2ccc(Cl)s2)n1. The number of hydrogen-bond donors (Lipinski definition) is 1. The van der Waals surface area contributed by atoms with Gasteiger partial charge in [0.25, 0.3) is 0 Å². The lowest BCUT2D eigenvalue weighted by atomic mass is 10.1. The molecule has 0 aliphatic carbocycles. The van der Waals surface area contributed by atoms with E-state index >= 15 is 0 Å². The summed E-state index contributed by atoms with van der Waals surface area (Å²) in [7, 11) is 0. The van der Waals surface area contributed by atoms with Crippen molar-refractivity contribution >= 4 is 22.9 Å². The summed E-state index contributed by atoms with van der Waals surface area (Å²) < 4.78 is 0.773. The molecular formula is C12H14ClN3S. The number of thiophene rings is 1. The van der Waals surface area contributed by atoms with Crippen LogP contribution in [0.25, 0.3) is 10.6 Å². The lowest BCUT2D eigenvalue weighted by Crippen LogP contribution is -2.07. The first-order valence-electron chi connectivity index (χ1n) is 5.49. The number of rotatable bonds is 4. The summed E-state index contributed by atoms with van der Waals surface area (Å²) in [6, 6.07) is 5.76. The van der Waals surface area contributed by atoms with Crippen LogP contribution in [-0.4, -0.2) is 16.5 Å². The Morgan fingerprint density at radius 1 is 1.41 bits per heavy atom. The Morgan fingerprint density at radius 2 is 2.24 bits per heavy atom. The highest BCUT2D eigenvalue weighted by Crippen LogP contribution is 2.30. The summed E-state index contributed by atoms with van der Waals surface area (Å²) in [5, 5.41) is 0. The van der Waals surface area contributed by atoms with Crippen molar-refractivity contribution in [3.05, 3.63) is 34.6 Å². The summed E-state index contributed by atoms with van der Waals surface area (Å²) in [4.78, 5) is 9.92. The van der Waals surface area contributed by atoms with Gasteiger partial charge in [0.05, 0.1) is 14.9 Å². The number of hydrogen-bond acceptors (Lipinski definition) is 4. The number of aromatic nitrogens is 2. The number of nitrogens with zero attached hydrogens (tertiary/aromatic N) is 2. The van der Waals surface area contributed by atoms with E-state index in [1.807, 2.05) is 18.2 Å². The van der Waals surface area contributed by atoms with Crippen LogP contribution in [0.3, 0.4) is 0 Å². The minimum atomic E-state index is 0.287. The molecule has 2 aromatic heterocycles. The van der Waals surface area contributed by atoms with Gasteiger partial charge >= 0.3 is 0 Å². The lowest BCUT2D eigenvalue weighted by Gasteiger charge is -2.08. The van der Waals surface area contributed by atoms with Gasteiger partial charge in [0.1, 0.15) is 5.82 Å². The zero-order chi connectivity index (χ0) is 12.3. The van der Waals surface area contributed by atoms with Gasteiger partial charge in [-0.1, -0.05) is 18.5 Å². The fourth-order valence-electron chi connectivity index (χ4n) is 1.58. The van der Waals surface area contributed by atoms with E-state index in [-0.39, 0.29) is 5.92 Å². The third-order valence-corrected chi connectivity index (χ3v) is 3.79. The van der Waals surface area contributed by atoms with E-state index in [0.717, 1.165) is 27.2 Å². The van der Waals surface area contributed by atoms with E-state index in [9.17, 15) is 0 Å². The van der Waals surface area contributed by atoms with Gasteiger partial charge in [-0.05, 0) is 31.2 Å². The zero-order valence-electron chi connectivity index (χ0n) is 9.56. The minimum Gasteiger partial charge on any atom is -0.330 e. The molecule has 0 bridgehead atoms. The first-order chi connectivity index (χ1) is 8.20.